The largest absolute Gasteiger partial charge is 0.439 e. The van der Waals surface area contributed by atoms with Crippen molar-refractivity contribution in [2.24, 2.45) is 0 Å². The minimum absolute atomic E-state index is 0.858. The highest BCUT2D eigenvalue weighted by Crippen LogP contribution is 2.46. The van der Waals surface area contributed by atoms with Gasteiger partial charge in [0.05, 0.1) is 27.5 Å². The lowest BCUT2D eigenvalue weighted by Gasteiger charge is -2.19. The number of hydrogen-bond donors (Lipinski definition) is 0. The van der Waals surface area contributed by atoms with Crippen molar-refractivity contribution in [1.82, 2.24) is 18.3 Å². The Labute approximate surface area is 350 Å². The third-order valence-electron chi connectivity index (χ3n) is 13.3. The molecule has 0 bridgehead atoms. The number of rotatable bonds is 4. The zero-order valence-electron chi connectivity index (χ0n) is 33.1. The van der Waals surface area contributed by atoms with Crippen LogP contribution in [0.2, 0.25) is 0 Å². The van der Waals surface area contributed by atoms with Gasteiger partial charge in [0.1, 0.15) is 11.2 Å². The maximum absolute atomic E-state index is 6.69. The molecule has 1 aliphatic carbocycles. The van der Waals surface area contributed by atoms with E-state index < -0.39 is 0 Å². The summed E-state index contributed by atoms with van der Waals surface area (Å²) >= 11 is 0. The molecule has 1 aliphatic rings. The second-order valence-electron chi connectivity index (χ2n) is 16.4. The van der Waals surface area contributed by atoms with Gasteiger partial charge in [0.2, 0.25) is 5.71 Å². The molecule has 0 unspecified atom stereocenters. The number of hydrogen-bond acceptors (Lipinski definition) is 1. The minimum Gasteiger partial charge on any atom is -0.439 e. The topological polar surface area (TPSA) is 32.9 Å². The van der Waals surface area contributed by atoms with Crippen LogP contribution in [0.1, 0.15) is 11.3 Å². The van der Waals surface area contributed by atoms with Crippen molar-refractivity contribution in [2.75, 3.05) is 0 Å². The average molecular weight is 781 g/mol. The third kappa shape index (κ3) is 4.44. The van der Waals surface area contributed by atoms with Crippen LogP contribution in [0.5, 0.6) is 0 Å². The maximum Gasteiger partial charge on any atom is 0.213 e. The zero-order valence-corrected chi connectivity index (χ0v) is 33.1. The lowest BCUT2D eigenvalue weighted by atomic mass is 9.88. The number of nitrogens with zero attached hydrogens (tertiary/aromatic N) is 4. The van der Waals surface area contributed by atoms with Crippen LogP contribution in [-0.4, -0.2) is 18.3 Å². The molecule has 0 spiro atoms. The molecule has 0 saturated heterocycles. The first-order chi connectivity index (χ1) is 30.3. The molecular formula is C56H36N4O. The van der Waals surface area contributed by atoms with E-state index in [1.54, 1.807) is 0 Å². The molecule has 13 aromatic rings. The Morgan fingerprint density at radius 3 is 1.61 bits per heavy atom. The van der Waals surface area contributed by atoms with E-state index in [2.05, 4.69) is 206 Å². The van der Waals surface area contributed by atoms with Gasteiger partial charge < -0.3 is 8.98 Å². The Morgan fingerprint density at radius 1 is 0.361 bits per heavy atom. The number of fused-ring (bicyclic) bond motifs is 15. The third-order valence-corrected chi connectivity index (χ3v) is 13.3. The van der Waals surface area contributed by atoms with Gasteiger partial charge in [0.15, 0.2) is 0 Å². The first-order valence-corrected chi connectivity index (χ1v) is 21.2. The van der Waals surface area contributed by atoms with E-state index >= 15 is 0 Å². The predicted molar refractivity (Wildman–Crippen MR) is 251 cm³/mol. The number of para-hydroxylation sites is 5. The SMILES string of the molecule is c1ccc(-n2c3c(c4ccc(-n5c6ccccc6c6c7ccccc7n(-c7ccc8c9c%10ccccc%10oc9n(-c9ccccc9)c8c7)c65)cc42)-c2ccccc2CC3)cc1. The van der Waals surface area contributed by atoms with Gasteiger partial charge in [-0.05, 0) is 96.8 Å². The summed E-state index contributed by atoms with van der Waals surface area (Å²) < 4.78 is 16.5. The molecule has 5 aromatic heterocycles. The molecule has 286 valence electrons. The highest BCUT2D eigenvalue weighted by Gasteiger charge is 2.28. The van der Waals surface area contributed by atoms with Crippen molar-refractivity contribution in [3.8, 4) is 33.9 Å². The van der Waals surface area contributed by atoms with Crippen LogP contribution in [0.3, 0.4) is 0 Å². The molecule has 0 aliphatic heterocycles. The Kier molecular flexibility index (Phi) is 6.61. The first-order valence-electron chi connectivity index (χ1n) is 21.2. The van der Waals surface area contributed by atoms with Crippen LogP contribution in [-0.2, 0) is 12.8 Å². The molecule has 0 saturated carbocycles. The van der Waals surface area contributed by atoms with Gasteiger partial charge in [0, 0.05) is 66.3 Å². The van der Waals surface area contributed by atoms with Crippen LogP contribution >= 0.6 is 0 Å². The standard InChI is InChI=1S/C56H36N4O/c1-3-16-36(17-4-1)57-48-32-27-35-15-7-8-20-40(35)52(48)43-30-28-38(33-49(43)57)58-46-24-12-9-21-41(46)53-42-22-10-13-25-47(42)59(55(53)58)39-29-31-44-50(34-39)60(37-18-5-2-6-19-37)56-54(44)45-23-11-14-26-51(45)61-56/h1-26,28-31,33-34H,27,32H2. The van der Waals surface area contributed by atoms with Crippen molar-refractivity contribution in [2.45, 2.75) is 12.8 Å². The van der Waals surface area contributed by atoms with Gasteiger partial charge >= 0.3 is 0 Å². The second-order valence-corrected chi connectivity index (χ2v) is 16.4. The number of aromatic nitrogens is 4. The zero-order chi connectivity index (χ0) is 39.8. The molecular weight excluding hydrogens is 745 g/mol. The van der Waals surface area contributed by atoms with Gasteiger partial charge in [-0.3, -0.25) is 13.7 Å². The Balaban J connectivity index is 1.09. The fourth-order valence-corrected chi connectivity index (χ4v) is 10.8. The quantitative estimate of drug-likeness (QED) is 0.175. The summed E-state index contributed by atoms with van der Waals surface area (Å²) in [6, 6.07) is 70.7. The van der Waals surface area contributed by atoms with E-state index in [1.165, 1.54) is 71.6 Å². The molecule has 0 N–H and O–H groups in total. The first kappa shape index (κ1) is 32.9. The molecule has 0 fully saturated rings. The molecule has 5 heteroatoms. The van der Waals surface area contributed by atoms with E-state index in [4.69, 9.17) is 4.42 Å². The summed E-state index contributed by atoms with van der Waals surface area (Å²) in [5, 5.41) is 8.42. The summed E-state index contributed by atoms with van der Waals surface area (Å²) in [5.41, 5.74) is 17.5. The number of aryl methyl sites for hydroxylation is 1. The van der Waals surface area contributed by atoms with Gasteiger partial charge in [0.25, 0.3) is 0 Å². The monoisotopic (exact) mass is 780 g/mol. The van der Waals surface area contributed by atoms with Crippen molar-refractivity contribution >= 4 is 76.7 Å². The molecule has 8 aromatic carbocycles. The minimum atomic E-state index is 0.858. The normalized spacial score (nSPS) is 12.8. The fraction of sp³-hybridized carbons (Fsp3) is 0.0357. The highest BCUT2D eigenvalue weighted by molar-refractivity contribution is 6.23. The lowest BCUT2D eigenvalue weighted by Crippen LogP contribution is -2.08. The van der Waals surface area contributed by atoms with Crippen molar-refractivity contribution in [3.05, 3.63) is 205 Å². The van der Waals surface area contributed by atoms with Crippen molar-refractivity contribution in [3.63, 3.8) is 0 Å². The van der Waals surface area contributed by atoms with Gasteiger partial charge in [-0.15, -0.1) is 0 Å². The Hall–Kier alpha value is -8.02. The summed E-state index contributed by atoms with van der Waals surface area (Å²) in [4.78, 5) is 0. The summed E-state index contributed by atoms with van der Waals surface area (Å²) in [7, 11) is 0. The second kappa shape index (κ2) is 12.3. The summed E-state index contributed by atoms with van der Waals surface area (Å²) in [6.45, 7) is 0. The Morgan fingerprint density at radius 2 is 0.902 bits per heavy atom. The van der Waals surface area contributed by atoms with E-state index in [9.17, 15) is 0 Å². The fourth-order valence-electron chi connectivity index (χ4n) is 10.8. The predicted octanol–water partition coefficient (Wildman–Crippen LogP) is 14.3. The summed E-state index contributed by atoms with van der Waals surface area (Å²) in [5.74, 6) is 0. The van der Waals surface area contributed by atoms with Gasteiger partial charge in [-0.1, -0.05) is 121 Å². The van der Waals surface area contributed by atoms with Crippen LogP contribution in [0.15, 0.2) is 199 Å². The van der Waals surface area contributed by atoms with E-state index in [-0.39, 0.29) is 0 Å². The molecule has 5 heterocycles. The number of benzene rings is 8. The smallest absolute Gasteiger partial charge is 0.213 e. The Bertz CT molecular complexity index is 3930. The van der Waals surface area contributed by atoms with Crippen LogP contribution in [0.4, 0.5) is 0 Å². The van der Waals surface area contributed by atoms with Crippen LogP contribution in [0, 0.1) is 0 Å². The molecule has 0 amide bonds. The maximum atomic E-state index is 6.69. The van der Waals surface area contributed by atoms with E-state index in [1.807, 2.05) is 6.07 Å². The van der Waals surface area contributed by atoms with Gasteiger partial charge in [-0.2, -0.15) is 0 Å². The summed E-state index contributed by atoms with van der Waals surface area (Å²) in [6.07, 6.45) is 2.02. The molecule has 0 radical (unpaired) electrons. The van der Waals surface area contributed by atoms with Crippen LogP contribution < -0.4 is 0 Å². The number of furan rings is 1. The van der Waals surface area contributed by atoms with Crippen molar-refractivity contribution in [1.29, 1.82) is 0 Å². The lowest BCUT2D eigenvalue weighted by molar-refractivity contribution is 0.645. The van der Waals surface area contributed by atoms with E-state index in [0.717, 1.165) is 63.1 Å². The van der Waals surface area contributed by atoms with E-state index in [0.29, 0.717) is 0 Å². The average Bonchev–Trinajstić information content (AvgIpc) is 4.11. The molecule has 5 nitrogen and oxygen atoms in total. The molecule has 14 rings (SSSR count). The highest BCUT2D eigenvalue weighted by atomic mass is 16.3. The van der Waals surface area contributed by atoms with Crippen molar-refractivity contribution < 1.29 is 4.42 Å². The molecule has 0 atom stereocenters. The van der Waals surface area contributed by atoms with Gasteiger partial charge in [-0.25, -0.2) is 0 Å². The van der Waals surface area contributed by atoms with Crippen LogP contribution in [0.25, 0.3) is 111 Å². The molecule has 61 heavy (non-hydrogen) atoms.